The Bertz CT molecular complexity index is 1000. The summed E-state index contributed by atoms with van der Waals surface area (Å²) >= 11 is 7.34. The Morgan fingerprint density at radius 2 is 1.93 bits per heavy atom. The van der Waals surface area contributed by atoms with Gasteiger partial charge < -0.3 is 5.32 Å². The van der Waals surface area contributed by atoms with Crippen molar-refractivity contribution in [3.63, 3.8) is 0 Å². The van der Waals surface area contributed by atoms with E-state index in [0.717, 1.165) is 11.3 Å². The zero-order valence-electron chi connectivity index (χ0n) is 14.3. The van der Waals surface area contributed by atoms with Crippen molar-refractivity contribution in [2.24, 2.45) is 9.98 Å². The van der Waals surface area contributed by atoms with Gasteiger partial charge in [0.1, 0.15) is 11.9 Å². The van der Waals surface area contributed by atoms with E-state index in [-0.39, 0.29) is 17.6 Å². The second-order valence-electron chi connectivity index (χ2n) is 6.05. The number of thioether (sulfide) groups is 1. The molecule has 2 amide bonds. The lowest BCUT2D eigenvalue weighted by Gasteiger charge is -2.29. The van der Waals surface area contributed by atoms with Crippen LogP contribution in [0.3, 0.4) is 0 Å². The van der Waals surface area contributed by atoms with Gasteiger partial charge in [0.05, 0.1) is 22.2 Å². The molecule has 1 unspecified atom stereocenters. The van der Waals surface area contributed by atoms with Crippen LogP contribution in [0.2, 0.25) is 5.02 Å². The van der Waals surface area contributed by atoms with E-state index in [4.69, 9.17) is 11.6 Å². The van der Waals surface area contributed by atoms with Gasteiger partial charge in [-0.05, 0) is 31.2 Å². The molecule has 2 aliphatic rings. The highest BCUT2D eigenvalue weighted by Crippen LogP contribution is 2.34. The first-order valence-electron chi connectivity index (χ1n) is 8.31. The third-order valence-corrected chi connectivity index (χ3v) is 5.52. The van der Waals surface area contributed by atoms with Gasteiger partial charge in [-0.15, -0.1) is 0 Å². The van der Waals surface area contributed by atoms with Crippen LogP contribution >= 0.6 is 23.4 Å². The predicted octanol–water partition coefficient (Wildman–Crippen LogP) is 3.69. The second kappa shape index (κ2) is 7.17. The molecule has 136 valence electrons. The van der Waals surface area contributed by atoms with Gasteiger partial charge in [-0.25, -0.2) is 4.99 Å². The van der Waals surface area contributed by atoms with Crippen molar-refractivity contribution < 1.29 is 9.59 Å². The van der Waals surface area contributed by atoms with Gasteiger partial charge in [0.15, 0.2) is 5.17 Å². The molecule has 2 aliphatic heterocycles. The van der Waals surface area contributed by atoms with Crippen molar-refractivity contribution in [1.82, 2.24) is 4.90 Å². The lowest BCUT2D eigenvalue weighted by atomic mass is 10.1. The number of hydrogen-bond donors (Lipinski definition) is 1. The number of hydrogen-bond acceptors (Lipinski definition) is 5. The van der Waals surface area contributed by atoms with E-state index in [1.54, 1.807) is 36.1 Å². The Morgan fingerprint density at radius 1 is 1.19 bits per heavy atom. The standard InChI is InChI=1S/C19H15ClN4O2S/c1-11-18(26)23-17-12-6-2-4-8-14(12)22-19(24(11)17)27-10-16(25)21-15-9-5-3-7-13(15)20/h2-9,11H,10H2,1H3,(H,21,25). The lowest BCUT2D eigenvalue weighted by molar-refractivity contribution is -0.119. The van der Waals surface area contributed by atoms with Crippen molar-refractivity contribution in [2.45, 2.75) is 13.0 Å². The minimum atomic E-state index is -0.439. The third-order valence-electron chi connectivity index (χ3n) is 4.24. The summed E-state index contributed by atoms with van der Waals surface area (Å²) in [6.07, 6.45) is 0. The summed E-state index contributed by atoms with van der Waals surface area (Å²) in [5.74, 6) is 0.311. The molecule has 0 saturated heterocycles. The minimum Gasteiger partial charge on any atom is -0.324 e. The average molecular weight is 399 g/mol. The van der Waals surface area contributed by atoms with Gasteiger partial charge in [-0.2, -0.15) is 4.99 Å². The van der Waals surface area contributed by atoms with Gasteiger partial charge in [-0.3, -0.25) is 14.5 Å². The molecule has 0 aromatic heterocycles. The molecule has 6 nitrogen and oxygen atoms in total. The largest absolute Gasteiger partial charge is 0.324 e. The molecule has 2 aromatic rings. The molecule has 0 fully saturated rings. The average Bonchev–Trinajstić information content (AvgIpc) is 2.97. The summed E-state index contributed by atoms with van der Waals surface area (Å²) in [5, 5.41) is 3.85. The van der Waals surface area contributed by atoms with Gasteiger partial charge in [0.25, 0.3) is 5.91 Å². The zero-order chi connectivity index (χ0) is 19.0. The molecule has 8 heteroatoms. The first-order chi connectivity index (χ1) is 13.0. The van der Waals surface area contributed by atoms with Gasteiger partial charge in [0, 0.05) is 5.56 Å². The predicted molar refractivity (Wildman–Crippen MR) is 109 cm³/mol. The van der Waals surface area contributed by atoms with Crippen LogP contribution in [0.1, 0.15) is 12.5 Å². The maximum atomic E-state index is 12.3. The fourth-order valence-corrected chi connectivity index (χ4v) is 3.95. The van der Waals surface area contributed by atoms with Crippen molar-refractivity contribution in [2.75, 3.05) is 11.1 Å². The molecular weight excluding hydrogens is 384 g/mol. The summed E-state index contributed by atoms with van der Waals surface area (Å²) in [4.78, 5) is 35.1. The molecule has 0 spiro atoms. The van der Waals surface area contributed by atoms with Crippen LogP contribution in [0.25, 0.3) is 0 Å². The molecule has 0 radical (unpaired) electrons. The van der Waals surface area contributed by atoms with Crippen molar-refractivity contribution in [3.05, 3.63) is 59.1 Å². The molecular formula is C19H15ClN4O2S. The summed E-state index contributed by atoms with van der Waals surface area (Å²) in [7, 11) is 0. The number of carbonyl (C=O) groups excluding carboxylic acids is 2. The summed E-state index contributed by atoms with van der Waals surface area (Å²) in [6.45, 7) is 1.78. The number of halogens is 1. The van der Waals surface area contributed by atoms with Crippen LogP contribution in [0, 0.1) is 0 Å². The maximum Gasteiger partial charge on any atom is 0.270 e. The Morgan fingerprint density at radius 3 is 2.74 bits per heavy atom. The lowest BCUT2D eigenvalue weighted by Crippen LogP contribution is -2.42. The summed E-state index contributed by atoms with van der Waals surface area (Å²) in [5.41, 5.74) is 2.12. The fourth-order valence-electron chi connectivity index (χ4n) is 2.89. The van der Waals surface area contributed by atoms with Gasteiger partial charge in [-0.1, -0.05) is 47.6 Å². The second-order valence-corrected chi connectivity index (χ2v) is 7.40. The van der Waals surface area contributed by atoms with Crippen molar-refractivity contribution in [3.8, 4) is 0 Å². The monoisotopic (exact) mass is 398 g/mol. The molecule has 1 N–H and O–H groups in total. The van der Waals surface area contributed by atoms with E-state index in [2.05, 4.69) is 15.3 Å². The van der Waals surface area contributed by atoms with Crippen LogP contribution in [0.15, 0.2) is 58.5 Å². The maximum absolute atomic E-state index is 12.3. The van der Waals surface area contributed by atoms with Crippen molar-refractivity contribution >= 4 is 57.6 Å². The molecule has 2 aromatic carbocycles. The SMILES string of the molecule is CC1C(=O)N=C2c3ccccc3N=C(SCC(=O)Nc3ccccc3Cl)N21. The first kappa shape index (κ1) is 17.8. The highest BCUT2D eigenvalue weighted by atomic mass is 35.5. The van der Waals surface area contributed by atoms with Crippen LogP contribution in [-0.2, 0) is 9.59 Å². The third kappa shape index (κ3) is 3.36. The zero-order valence-corrected chi connectivity index (χ0v) is 15.9. The molecule has 1 atom stereocenters. The van der Waals surface area contributed by atoms with Gasteiger partial charge in [0.2, 0.25) is 5.91 Å². The number of nitrogens with zero attached hydrogens (tertiary/aromatic N) is 3. The van der Waals surface area contributed by atoms with Crippen LogP contribution < -0.4 is 5.32 Å². The number of fused-ring (bicyclic) bond motifs is 3. The number of para-hydroxylation sites is 2. The highest BCUT2D eigenvalue weighted by molar-refractivity contribution is 8.14. The normalized spacial score (nSPS) is 17.8. The number of rotatable bonds is 3. The Balaban J connectivity index is 1.54. The topological polar surface area (TPSA) is 74.1 Å². The van der Waals surface area contributed by atoms with Crippen LogP contribution in [0.5, 0.6) is 0 Å². The summed E-state index contributed by atoms with van der Waals surface area (Å²) in [6, 6.07) is 14.1. The van der Waals surface area contributed by atoms with E-state index in [0.29, 0.717) is 21.7 Å². The molecule has 0 aliphatic carbocycles. The number of nitrogens with one attached hydrogen (secondary N) is 1. The van der Waals surface area contributed by atoms with Crippen LogP contribution in [0.4, 0.5) is 11.4 Å². The van der Waals surface area contributed by atoms with E-state index >= 15 is 0 Å². The molecule has 4 rings (SSSR count). The van der Waals surface area contributed by atoms with Crippen molar-refractivity contribution in [1.29, 1.82) is 0 Å². The molecule has 0 saturated carbocycles. The number of carbonyl (C=O) groups is 2. The Kier molecular flexibility index (Phi) is 4.72. The molecule has 0 bridgehead atoms. The smallest absolute Gasteiger partial charge is 0.270 e. The van der Waals surface area contributed by atoms with E-state index < -0.39 is 6.04 Å². The molecule has 27 heavy (non-hydrogen) atoms. The number of anilines is 1. The van der Waals surface area contributed by atoms with E-state index in [1.165, 1.54) is 11.8 Å². The number of amides is 2. The molecule has 2 heterocycles. The number of benzene rings is 2. The number of amidine groups is 2. The summed E-state index contributed by atoms with van der Waals surface area (Å²) < 4.78 is 0. The van der Waals surface area contributed by atoms with Crippen LogP contribution in [-0.4, -0.2) is 39.5 Å². The van der Waals surface area contributed by atoms with Gasteiger partial charge >= 0.3 is 0 Å². The fraction of sp³-hybridized carbons (Fsp3) is 0.158. The van der Waals surface area contributed by atoms with E-state index in [1.807, 2.05) is 24.3 Å². The highest BCUT2D eigenvalue weighted by Gasteiger charge is 2.39. The minimum absolute atomic E-state index is 0.136. The van der Waals surface area contributed by atoms with E-state index in [9.17, 15) is 9.59 Å². The quantitative estimate of drug-likeness (QED) is 0.855. The number of aliphatic imine (C=N–C) groups is 2. The Hall–Kier alpha value is -2.64. The Labute approximate surface area is 165 Å². The first-order valence-corrected chi connectivity index (χ1v) is 9.68.